The first-order chi connectivity index (χ1) is 9.33. The Kier molecular flexibility index (Phi) is 4.14. The molecule has 0 amide bonds. The Hall–Kier alpha value is -0.930. The summed E-state index contributed by atoms with van der Waals surface area (Å²) < 4.78 is 0. The van der Waals surface area contributed by atoms with Gasteiger partial charge in [-0.15, -0.1) is 0 Å². The fraction of sp³-hybridized carbons (Fsp3) is 0.688. The molecule has 19 heavy (non-hydrogen) atoms. The number of likely N-dealkylation sites (tertiary alicyclic amines) is 1. The maximum Gasteiger partial charge on any atom is 0.0315 e. The predicted octanol–water partition coefficient (Wildman–Crippen LogP) is 2.35. The summed E-state index contributed by atoms with van der Waals surface area (Å²) in [5.74, 6) is 0.911. The highest BCUT2D eigenvalue weighted by Gasteiger charge is 2.28. The molecule has 2 aliphatic heterocycles. The molecule has 0 bridgehead atoms. The largest absolute Gasteiger partial charge is 0.314 e. The van der Waals surface area contributed by atoms with Crippen LogP contribution in [0.5, 0.6) is 0 Å². The first kappa shape index (κ1) is 13.1. The molecule has 0 radical (unpaired) electrons. The van der Waals surface area contributed by atoms with Gasteiger partial charge in [0.15, 0.2) is 0 Å². The zero-order valence-electron chi connectivity index (χ0n) is 11.9. The van der Waals surface area contributed by atoms with Crippen LogP contribution in [0.2, 0.25) is 0 Å². The molecule has 0 aliphatic carbocycles. The van der Waals surface area contributed by atoms with Gasteiger partial charge in [0.2, 0.25) is 0 Å². The molecular weight excluding hydrogens is 234 g/mol. The molecule has 3 heteroatoms. The molecule has 1 unspecified atom stereocenters. The average molecular weight is 259 g/mol. The number of nitrogens with zero attached hydrogens (tertiary/aromatic N) is 2. The fourth-order valence-electron chi connectivity index (χ4n) is 3.53. The number of rotatable bonds is 3. The second-order valence-electron chi connectivity index (χ2n) is 6.12. The minimum Gasteiger partial charge on any atom is -0.314 e. The van der Waals surface area contributed by atoms with E-state index in [4.69, 9.17) is 0 Å². The van der Waals surface area contributed by atoms with Crippen molar-refractivity contribution >= 4 is 0 Å². The smallest absolute Gasteiger partial charge is 0.0315 e. The van der Waals surface area contributed by atoms with Gasteiger partial charge in [0, 0.05) is 25.0 Å². The molecule has 1 N–H and O–H groups in total. The summed E-state index contributed by atoms with van der Waals surface area (Å²) in [6.07, 6.45) is 9.40. The van der Waals surface area contributed by atoms with Crippen LogP contribution in [-0.4, -0.2) is 35.6 Å². The zero-order chi connectivity index (χ0) is 13.1. The third-order valence-corrected chi connectivity index (χ3v) is 4.84. The van der Waals surface area contributed by atoms with E-state index in [0.717, 1.165) is 18.5 Å². The van der Waals surface area contributed by atoms with Gasteiger partial charge in [-0.25, -0.2) is 0 Å². The Morgan fingerprint density at radius 2 is 2.16 bits per heavy atom. The SMILES string of the molecule is Cc1ccncc1CN1CCC(C2CCCN2)CC1. The highest BCUT2D eigenvalue weighted by atomic mass is 15.1. The standard InChI is InChI=1S/C16H25N3/c1-13-4-8-17-11-15(13)12-19-9-5-14(6-10-19)16-3-2-7-18-16/h4,8,11,14,16,18H,2-3,5-7,9-10,12H2,1H3. The van der Waals surface area contributed by atoms with E-state index in [0.29, 0.717) is 0 Å². The van der Waals surface area contributed by atoms with Gasteiger partial charge in [0.05, 0.1) is 0 Å². The number of pyridine rings is 1. The second kappa shape index (κ2) is 6.02. The Labute approximate surface area is 116 Å². The quantitative estimate of drug-likeness (QED) is 0.903. The van der Waals surface area contributed by atoms with E-state index in [1.807, 2.05) is 12.4 Å². The maximum absolute atomic E-state index is 4.25. The molecule has 104 valence electrons. The topological polar surface area (TPSA) is 28.2 Å². The van der Waals surface area contributed by atoms with Crippen LogP contribution in [0, 0.1) is 12.8 Å². The van der Waals surface area contributed by atoms with Gasteiger partial charge in [-0.2, -0.15) is 0 Å². The van der Waals surface area contributed by atoms with E-state index in [-0.39, 0.29) is 0 Å². The van der Waals surface area contributed by atoms with Crippen LogP contribution in [0.15, 0.2) is 18.5 Å². The summed E-state index contributed by atoms with van der Waals surface area (Å²) in [6, 6.07) is 2.92. The molecule has 3 rings (SSSR count). The van der Waals surface area contributed by atoms with Crippen LogP contribution in [0.1, 0.15) is 36.8 Å². The van der Waals surface area contributed by atoms with Crippen molar-refractivity contribution in [2.75, 3.05) is 19.6 Å². The molecule has 1 aromatic heterocycles. The average Bonchev–Trinajstić information content (AvgIpc) is 2.96. The van der Waals surface area contributed by atoms with E-state index in [9.17, 15) is 0 Å². The third-order valence-electron chi connectivity index (χ3n) is 4.84. The van der Waals surface area contributed by atoms with E-state index in [1.54, 1.807) is 0 Å². The minimum absolute atomic E-state index is 0.808. The lowest BCUT2D eigenvalue weighted by atomic mass is 9.88. The third kappa shape index (κ3) is 3.15. The number of nitrogens with one attached hydrogen (secondary N) is 1. The number of hydrogen-bond donors (Lipinski definition) is 1. The van der Waals surface area contributed by atoms with Crippen molar-refractivity contribution in [3.05, 3.63) is 29.6 Å². The van der Waals surface area contributed by atoms with Crippen LogP contribution in [0.3, 0.4) is 0 Å². The van der Waals surface area contributed by atoms with Gasteiger partial charge < -0.3 is 5.32 Å². The van der Waals surface area contributed by atoms with Crippen LogP contribution in [-0.2, 0) is 6.54 Å². The normalized spacial score (nSPS) is 25.8. The Morgan fingerprint density at radius 1 is 1.32 bits per heavy atom. The first-order valence-electron chi connectivity index (χ1n) is 7.68. The van der Waals surface area contributed by atoms with E-state index >= 15 is 0 Å². The second-order valence-corrected chi connectivity index (χ2v) is 6.12. The highest BCUT2D eigenvalue weighted by molar-refractivity contribution is 5.21. The zero-order valence-corrected chi connectivity index (χ0v) is 11.9. The first-order valence-corrected chi connectivity index (χ1v) is 7.68. The van der Waals surface area contributed by atoms with E-state index in [2.05, 4.69) is 28.2 Å². The van der Waals surface area contributed by atoms with Gasteiger partial charge in [-0.1, -0.05) is 0 Å². The summed E-state index contributed by atoms with van der Waals surface area (Å²) in [5.41, 5.74) is 2.76. The van der Waals surface area contributed by atoms with E-state index < -0.39 is 0 Å². The van der Waals surface area contributed by atoms with Crippen LogP contribution in [0.25, 0.3) is 0 Å². The monoisotopic (exact) mass is 259 g/mol. The van der Waals surface area contributed by atoms with Crippen molar-refractivity contribution in [1.82, 2.24) is 15.2 Å². The van der Waals surface area contributed by atoms with Crippen molar-refractivity contribution in [2.45, 2.75) is 45.2 Å². The summed E-state index contributed by atoms with van der Waals surface area (Å²) in [6.45, 7) is 6.99. The van der Waals surface area contributed by atoms with Crippen LogP contribution in [0.4, 0.5) is 0 Å². The van der Waals surface area contributed by atoms with Gasteiger partial charge in [0.1, 0.15) is 0 Å². The summed E-state index contributed by atoms with van der Waals surface area (Å²) >= 11 is 0. The van der Waals surface area contributed by atoms with E-state index in [1.165, 1.54) is 56.4 Å². The number of piperidine rings is 1. The molecule has 2 aliphatic rings. The number of aryl methyl sites for hydroxylation is 1. The molecule has 0 aromatic carbocycles. The summed E-state index contributed by atoms with van der Waals surface area (Å²) in [5, 5.41) is 3.67. The Bertz CT molecular complexity index is 404. The molecule has 1 aromatic rings. The molecule has 3 nitrogen and oxygen atoms in total. The molecule has 2 fully saturated rings. The Morgan fingerprint density at radius 3 is 2.84 bits per heavy atom. The van der Waals surface area contributed by atoms with Crippen LogP contribution < -0.4 is 5.32 Å². The molecule has 2 saturated heterocycles. The maximum atomic E-state index is 4.25. The van der Waals surface area contributed by atoms with Crippen molar-refractivity contribution in [3.8, 4) is 0 Å². The predicted molar refractivity (Wildman–Crippen MR) is 78.0 cm³/mol. The van der Waals surface area contributed by atoms with Crippen molar-refractivity contribution in [1.29, 1.82) is 0 Å². The summed E-state index contributed by atoms with van der Waals surface area (Å²) in [4.78, 5) is 6.85. The minimum atomic E-state index is 0.808. The number of hydrogen-bond acceptors (Lipinski definition) is 3. The highest BCUT2D eigenvalue weighted by Crippen LogP contribution is 2.26. The Balaban J connectivity index is 1.51. The lowest BCUT2D eigenvalue weighted by Crippen LogP contribution is -2.40. The lowest BCUT2D eigenvalue weighted by Gasteiger charge is -2.35. The lowest BCUT2D eigenvalue weighted by molar-refractivity contribution is 0.157. The van der Waals surface area contributed by atoms with Gasteiger partial charge in [-0.05, 0) is 75.4 Å². The fourth-order valence-corrected chi connectivity index (χ4v) is 3.53. The molecule has 3 heterocycles. The van der Waals surface area contributed by atoms with Gasteiger partial charge >= 0.3 is 0 Å². The van der Waals surface area contributed by atoms with Crippen LogP contribution >= 0.6 is 0 Å². The molecular formula is C16H25N3. The van der Waals surface area contributed by atoms with Crippen molar-refractivity contribution in [2.24, 2.45) is 5.92 Å². The van der Waals surface area contributed by atoms with Crippen molar-refractivity contribution in [3.63, 3.8) is 0 Å². The molecule has 1 atom stereocenters. The molecule has 0 spiro atoms. The van der Waals surface area contributed by atoms with Gasteiger partial charge in [0.25, 0.3) is 0 Å². The summed E-state index contributed by atoms with van der Waals surface area (Å²) in [7, 11) is 0. The van der Waals surface area contributed by atoms with Gasteiger partial charge in [-0.3, -0.25) is 9.88 Å². The number of aromatic nitrogens is 1. The van der Waals surface area contributed by atoms with Crippen molar-refractivity contribution < 1.29 is 0 Å². The molecule has 0 saturated carbocycles.